The van der Waals surface area contributed by atoms with Crippen LogP contribution >= 0.6 is 50.4 Å². The van der Waals surface area contributed by atoms with E-state index in [1.54, 1.807) is 12.4 Å². The van der Waals surface area contributed by atoms with E-state index in [0.717, 1.165) is 59.6 Å². The number of pyridine rings is 1. The summed E-state index contributed by atoms with van der Waals surface area (Å²) in [6.45, 7) is 6.62. The van der Waals surface area contributed by atoms with Crippen molar-refractivity contribution in [1.29, 1.82) is 0 Å². The maximum absolute atomic E-state index is 6.48. The monoisotopic (exact) mass is 527 g/mol. The first kappa shape index (κ1) is 26.2. The smallest absolute Gasteiger partial charge is 0.211 e. The lowest BCUT2D eigenvalue weighted by atomic mass is 9.73. The first-order chi connectivity index (χ1) is 14.9. The number of nitrogens with two attached hydrogens (primary N) is 2. The average molecular weight is 528 g/mol. The average Bonchev–Trinajstić information content (AvgIpc) is 3.35. The number of hydrogen-bond donors (Lipinski definition) is 2. The van der Waals surface area contributed by atoms with Crippen molar-refractivity contribution in [2.75, 3.05) is 30.3 Å². The summed E-state index contributed by atoms with van der Waals surface area (Å²) in [7, 11) is 0. The molecule has 33 heavy (non-hydrogen) atoms. The van der Waals surface area contributed by atoms with E-state index >= 15 is 0 Å². The predicted octanol–water partition coefficient (Wildman–Crippen LogP) is 3.38. The lowest BCUT2D eigenvalue weighted by Gasteiger charge is -2.41. The van der Waals surface area contributed by atoms with Gasteiger partial charge in [-0.15, -0.1) is 0 Å². The molecule has 8 nitrogen and oxygen atoms in total. The van der Waals surface area contributed by atoms with Crippen LogP contribution in [0.3, 0.4) is 0 Å². The van der Waals surface area contributed by atoms with Crippen LogP contribution in [0.1, 0.15) is 25.5 Å². The third-order valence-electron chi connectivity index (χ3n) is 6.64. The number of anilines is 2. The summed E-state index contributed by atoms with van der Waals surface area (Å²) in [5, 5.41) is 0.450. The standard InChI is InChI=1S/C21H26ClN7OS.2H2S/c1-12-16(31-14-3-6-25-18(24)15(14)22)19-26-7-10-29(19)20(27-12)28-8-4-21(5-9-28)11-30-13(2)17(21)23;;/h3,6-7,10,13,17H,4-5,8-9,11,23H2,1-2H3,(H2,24,25);2*1H2/t13-,17+;;/m0../s1. The Morgan fingerprint density at radius 2 is 1.94 bits per heavy atom. The molecule has 0 saturated carbocycles. The van der Waals surface area contributed by atoms with Gasteiger partial charge in [0, 0.05) is 48.0 Å². The molecule has 5 heterocycles. The number of nitrogen functional groups attached to an aromatic ring is 1. The van der Waals surface area contributed by atoms with Crippen molar-refractivity contribution in [2.45, 2.75) is 48.6 Å². The number of ether oxygens (including phenoxy) is 1. The Morgan fingerprint density at radius 3 is 2.61 bits per heavy atom. The molecule has 0 radical (unpaired) electrons. The van der Waals surface area contributed by atoms with Crippen LogP contribution in [0.5, 0.6) is 0 Å². The fourth-order valence-corrected chi connectivity index (χ4v) is 5.85. The lowest BCUT2D eigenvalue weighted by molar-refractivity contribution is 0.0973. The highest BCUT2D eigenvalue weighted by atomic mass is 35.5. The molecule has 0 aliphatic carbocycles. The van der Waals surface area contributed by atoms with E-state index in [0.29, 0.717) is 10.8 Å². The lowest BCUT2D eigenvalue weighted by Crippen LogP contribution is -2.51. The van der Waals surface area contributed by atoms with Gasteiger partial charge in [-0.3, -0.25) is 4.40 Å². The van der Waals surface area contributed by atoms with Crippen LogP contribution in [0.2, 0.25) is 5.02 Å². The van der Waals surface area contributed by atoms with Crippen molar-refractivity contribution >= 4 is 67.8 Å². The minimum Gasteiger partial charge on any atom is -0.382 e. The molecular weight excluding hydrogens is 498 g/mol. The van der Waals surface area contributed by atoms with Crippen LogP contribution in [0.4, 0.5) is 11.8 Å². The van der Waals surface area contributed by atoms with Crippen LogP contribution in [0.15, 0.2) is 34.4 Å². The summed E-state index contributed by atoms with van der Waals surface area (Å²) >= 11 is 7.88. The van der Waals surface area contributed by atoms with Gasteiger partial charge in [-0.1, -0.05) is 23.4 Å². The van der Waals surface area contributed by atoms with Gasteiger partial charge in [0.1, 0.15) is 5.82 Å². The highest BCUT2D eigenvalue weighted by Crippen LogP contribution is 2.43. The zero-order valence-corrected chi connectivity index (χ0v) is 22.2. The Hall–Kier alpha value is -1.37. The molecule has 1 spiro atoms. The van der Waals surface area contributed by atoms with E-state index < -0.39 is 0 Å². The van der Waals surface area contributed by atoms with E-state index in [1.807, 2.05) is 19.2 Å². The van der Waals surface area contributed by atoms with E-state index in [9.17, 15) is 0 Å². The van der Waals surface area contributed by atoms with E-state index in [1.165, 1.54) is 11.8 Å². The van der Waals surface area contributed by atoms with E-state index in [2.05, 4.69) is 26.2 Å². The van der Waals surface area contributed by atoms with E-state index in [4.69, 9.17) is 32.8 Å². The maximum atomic E-state index is 6.48. The van der Waals surface area contributed by atoms with Gasteiger partial charge in [-0.05, 0) is 32.8 Å². The number of halogens is 1. The second kappa shape index (κ2) is 10.1. The summed E-state index contributed by atoms with van der Waals surface area (Å²) in [5.41, 5.74) is 14.2. The topological polar surface area (TPSA) is 108 Å². The van der Waals surface area contributed by atoms with Crippen LogP contribution in [0, 0.1) is 12.3 Å². The Labute approximate surface area is 216 Å². The fraction of sp³-hybridized carbons (Fsp3) is 0.476. The summed E-state index contributed by atoms with van der Waals surface area (Å²) in [6, 6.07) is 1.95. The summed E-state index contributed by atoms with van der Waals surface area (Å²) in [6.07, 6.45) is 7.54. The van der Waals surface area contributed by atoms with Crippen molar-refractivity contribution < 1.29 is 4.74 Å². The van der Waals surface area contributed by atoms with Crippen LogP contribution in [0.25, 0.3) is 5.65 Å². The van der Waals surface area contributed by atoms with Gasteiger partial charge in [0.05, 0.1) is 28.3 Å². The molecule has 2 saturated heterocycles. The zero-order chi connectivity index (χ0) is 21.8. The molecule has 5 rings (SSSR count). The first-order valence-electron chi connectivity index (χ1n) is 10.4. The number of imidazole rings is 1. The van der Waals surface area contributed by atoms with Gasteiger partial charge in [0.2, 0.25) is 5.95 Å². The molecular formula is C21H30ClN7OS3. The van der Waals surface area contributed by atoms with Crippen molar-refractivity contribution in [3.05, 3.63) is 35.4 Å². The van der Waals surface area contributed by atoms with Crippen molar-refractivity contribution in [2.24, 2.45) is 11.1 Å². The van der Waals surface area contributed by atoms with Gasteiger partial charge < -0.3 is 21.1 Å². The quantitative estimate of drug-likeness (QED) is 0.533. The van der Waals surface area contributed by atoms with Crippen LogP contribution in [-0.2, 0) is 4.74 Å². The number of aromatic nitrogens is 4. The van der Waals surface area contributed by atoms with Gasteiger partial charge in [-0.2, -0.15) is 27.0 Å². The maximum Gasteiger partial charge on any atom is 0.211 e. The molecule has 2 atom stereocenters. The molecule has 0 bridgehead atoms. The number of fused-ring (bicyclic) bond motifs is 1. The first-order valence-corrected chi connectivity index (χ1v) is 11.6. The van der Waals surface area contributed by atoms with Crippen LogP contribution in [-0.4, -0.2) is 51.2 Å². The minimum absolute atomic E-state index is 0. The largest absolute Gasteiger partial charge is 0.382 e. The van der Waals surface area contributed by atoms with E-state index in [-0.39, 0.29) is 44.6 Å². The van der Waals surface area contributed by atoms with Crippen molar-refractivity contribution in [3.63, 3.8) is 0 Å². The molecule has 0 unspecified atom stereocenters. The highest BCUT2D eigenvalue weighted by Gasteiger charge is 2.47. The highest BCUT2D eigenvalue weighted by molar-refractivity contribution is 7.99. The number of hydrogen-bond acceptors (Lipinski definition) is 8. The molecule has 4 N–H and O–H groups in total. The van der Waals surface area contributed by atoms with Gasteiger partial charge >= 0.3 is 0 Å². The minimum atomic E-state index is 0. The Morgan fingerprint density at radius 1 is 1.21 bits per heavy atom. The Balaban J connectivity index is 0.00000153. The molecule has 3 aromatic heterocycles. The van der Waals surface area contributed by atoms with Crippen LogP contribution < -0.4 is 16.4 Å². The number of rotatable bonds is 3. The molecule has 12 heteroatoms. The van der Waals surface area contributed by atoms with Gasteiger partial charge in [0.25, 0.3) is 0 Å². The normalized spacial score (nSPS) is 21.8. The number of aryl methyl sites for hydroxylation is 1. The summed E-state index contributed by atoms with van der Waals surface area (Å²) in [4.78, 5) is 17.8. The molecule has 2 aliphatic rings. The molecule has 2 fully saturated rings. The van der Waals surface area contributed by atoms with Gasteiger partial charge in [0.15, 0.2) is 5.65 Å². The zero-order valence-electron chi connectivity index (χ0n) is 18.6. The molecule has 0 amide bonds. The van der Waals surface area contributed by atoms with Crippen molar-refractivity contribution in [3.8, 4) is 0 Å². The second-order valence-electron chi connectivity index (χ2n) is 8.45. The third-order valence-corrected chi connectivity index (χ3v) is 8.39. The molecule has 0 aromatic carbocycles. The fourth-order valence-electron chi connectivity index (χ4n) is 4.65. The summed E-state index contributed by atoms with van der Waals surface area (Å²) < 4.78 is 7.92. The second-order valence-corrected chi connectivity index (χ2v) is 9.88. The Kier molecular flexibility index (Phi) is 8.02. The van der Waals surface area contributed by atoms with Gasteiger partial charge in [-0.25, -0.2) is 15.0 Å². The predicted molar refractivity (Wildman–Crippen MR) is 144 cm³/mol. The van der Waals surface area contributed by atoms with Crippen molar-refractivity contribution in [1.82, 2.24) is 19.4 Å². The summed E-state index contributed by atoms with van der Waals surface area (Å²) in [5.74, 6) is 1.23. The molecule has 180 valence electrons. The molecule has 3 aromatic rings. The SMILES string of the molecule is Cc1nc(N2CCC3(CC2)CO[C@@H](C)[C@H]3N)n2ccnc2c1Sc1ccnc(N)c1Cl.S.S. The molecule has 2 aliphatic heterocycles. The number of piperidine rings is 1. The third kappa shape index (κ3) is 4.51. The number of nitrogens with zero attached hydrogens (tertiary/aromatic N) is 5. The Bertz CT molecular complexity index is 1140.